The minimum atomic E-state index is -4.29. The Morgan fingerprint density at radius 1 is 1.38 bits per heavy atom. The fourth-order valence-electron chi connectivity index (χ4n) is 1.60. The molecule has 0 aliphatic heterocycles. The monoisotopic (exact) mass is 339 g/mol. The lowest BCUT2D eigenvalue weighted by Crippen LogP contribution is -2.15. The lowest BCUT2D eigenvalue weighted by atomic mass is 10.3. The van der Waals surface area contributed by atoms with Gasteiger partial charge in [-0.05, 0) is 12.1 Å². The number of alkyl halides is 2. The molecule has 0 atom stereocenters. The van der Waals surface area contributed by atoms with E-state index in [1.165, 1.54) is 12.1 Å². The lowest BCUT2D eigenvalue weighted by Gasteiger charge is -2.08. The Hall–Kier alpha value is -1.74. The Bertz CT molecular complexity index is 729. The average Bonchev–Trinajstić information content (AvgIpc) is 2.73. The molecule has 5 nitrogen and oxygen atoms in total. The lowest BCUT2D eigenvalue weighted by molar-refractivity contribution is 0.122. The summed E-state index contributed by atoms with van der Waals surface area (Å²) < 4.78 is 65.0. The maximum absolute atomic E-state index is 13.6. The normalized spacial score (nSPS) is 11.9. The maximum Gasteiger partial charge on any atom is 0.266 e. The Labute approximate surface area is 123 Å². The van der Waals surface area contributed by atoms with Crippen molar-refractivity contribution < 1.29 is 21.6 Å². The average molecular weight is 340 g/mol. The highest BCUT2D eigenvalue weighted by Crippen LogP contribution is 2.26. The predicted octanol–water partition coefficient (Wildman–Crippen LogP) is 2.74. The summed E-state index contributed by atoms with van der Waals surface area (Å²) in [5.41, 5.74) is -0.0741. The molecule has 0 spiro atoms. The van der Waals surface area contributed by atoms with Crippen molar-refractivity contribution in [1.29, 1.82) is 0 Å². The van der Waals surface area contributed by atoms with Gasteiger partial charge < -0.3 is 0 Å². The van der Waals surface area contributed by atoms with E-state index < -0.39 is 33.7 Å². The Morgan fingerprint density at radius 2 is 2.10 bits per heavy atom. The zero-order chi connectivity index (χ0) is 15.6. The Balaban J connectivity index is 2.27. The zero-order valence-electron chi connectivity index (χ0n) is 10.3. The summed E-state index contributed by atoms with van der Waals surface area (Å²) in [5.74, 6) is -1.02. The first-order valence-corrected chi connectivity index (χ1v) is 7.43. The molecule has 10 heteroatoms. The molecule has 0 aliphatic carbocycles. The highest BCUT2D eigenvalue weighted by atomic mass is 35.5. The van der Waals surface area contributed by atoms with Crippen molar-refractivity contribution in [3.63, 3.8) is 0 Å². The van der Waals surface area contributed by atoms with Crippen LogP contribution in [0, 0.1) is 5.82 Å². The van der Waals surface area contributed by atoms with E-state index in [2.05, 4.69) is 5.10 Å². The first-order valence-electron chi connectivity index (χ1n) is 5.57. The first-order chi connectivity index (χ1) is 9.79. The van der Waals surface area contributed by atoms with Crippen LogP contribution in [0.15, 0.2) is 35.5 Å². The van der Waals surface area contributed by atoms with E-state index in [1.54, 1.807) is 0 Å². The second-order valence-electron chi connectivity index (χ2n) is 4.00. The second kappa shape index (κ2) is 5.94. The van der Waals surface area contributed by atoms with Gasteiger partial charge in [-0.15, -0.1) is 0 Å². The van der Waals surface area contributed by atoms with Gasteiger partial charge in [0.15, 0.2) is 0 Å². The standard InChI is InChI=1S/C11H9ClF3N3O2S/c12-8-2-1-3-9(13)11(8)21(19,20)17-7-4-16-18(5-7)6-10(14)15/h1-5,10,17H,6H2. The molecule has 1 heterocycles. The highest BCUT2D eigenvalue weighted by molar-refractivity contribution is 7.92. The van der Waals surface area contributed by atoms with Crippen LogP contribution in [0.5, 0.6) is 0 Å². The van der Waals surface area contributed by atoms with Gasteiger partial charge in [-0.1, -0.05) is 17.7 Å². The second-order valence-corrected chi connectivity index (χ2v) is 6.02. The van der Waals surface area contributed by atoms with E-state index >= 15 is 0 Å². The molecular weight excluding hydrogens is 331 g/mol. The molecule has 2 aromatic rings. The van der Waals surface area contributed by atoms with Crippen LogP contribution in [0.4, 0.5) is 18.9 Å². The third kappa shape index (κ3) is 3.67. The number of benzene rings is 1. The number of halogens is 4. The number of aromatic nitrogens is 2. The molecule has 0 unspecified atom stereocenters. The van der Waals surface area contributed by atoms with Gasteiger partial charge in [0.2, 0.25) is 0 Å². The van der Waals surface area contributed by atoms with Gasteiger partial charge in [0, 0.05) is 6.20 Å². The van der Waals surface area contributed by atoms with E-state index in [1.807, 2.05) is 4.72 Å². The van der Waals surface area contributed by atoms with Crippen molar-refractivity contribution >= 4 is 27.3 Å². The summed E-state index contributed by atoms with van der Waals surface area (Å²) in [6.07, 6.45) is -0.525. The first kappa shape index (κ1) is 15.6. The van der Waals surface area contributed by atoms with Crippen LogP contribution in [-0.4, -0.2) is 24.6 Å². The smallest absolute Gasteiger partial charge is 0.266 e. The van der Waals surface area contributed by atoms with Gasteiger partial charge >= 0.3 is 0 Å². The van der Waals surface area contributed by atoms with Crippen LogP contribution < -0.4 is 4.72 Å². The van der Waals surface area contributed by atoms with Crippen LogP contribution in [-0.2, 0) is 16.6 Å². The largest absolute Gasteiger partial charge is 0.276 e. The third-order valence-electron chi connectivity index (χ3n) is 2.40. The van der Waals surface area contributed by atoms with Gasteiger partial charge in [-0.2, -0.15) is 5.10 Å². The minimum Gasteiger partial charge on any atom is -0.276 e. The zero-order valence-corrected chi connectivity index (χ0v) is 11.9. The predicted molar refractivity (Wildman–Crippen MR) is 70.4 cm³/mol. The highest BCUT2D eigenvalue weighted by Gasteiger charge is 2.23. The number of rotatable bonds is 5. The number of hydrogen-bond donors (Lipinski definition) is 1. The van der Waals surface area contributed by atoms with Gasteiger partial charge in [0.1, 0.15) is 17.3 Å². The molecule has 21 heavy (non-hydrogen) atoms. The van der Waals surface area contributed by atoms with Crippen molar-refractivity contribution in [3.8, 4) is 0 Å². The Morgan fingerprint density at radius 3 is 2.71 bits per heavy atom. The summed E-state index contributed by atoms with van der Waals surface area (Å²) in [6, 6.07) is 3.43. The summed E-state index contributed by atoms with van der Waals surface area (Å²) in [7, 11) is -4.29. The SMILES string of the molecule is O=S(=O)(Nc1cnn(CC(F)F)c1)c1c(F)cccc1Cl. The molecule has 2 rings (SSSR count). The van der Waals surface area contributed by atoms with Gasteiger partial charge in [-0.25, -0.2) is 21.6 Å². The number of nitrogens with zero attached hydrogens (tertiary/aromatic N) is 2. The number of anilines is 1. The van der Waals surface area contributed by atoms with Crippen LogP contribution in [0.2, 0.25) is 5.02 Å². The summed E-state index contributed by atoms with van der Waals surface area (Å²) in [6.45, 7) is -0.678. The molecule has 0 amide bonds. The van der Waals surface area contributed by atoms with Gasteiger partial charge in [-0.3, -0.25) is 9.40 Å². The number of sulfonamides is 1. The molecule has 0 bridgehead atoms. The fraction of sp³-hybridized carbons (Fsp3) is 0.182. The fourth-order valence-corrected chi connectivity index (χ4v) is 3.24. The molecule has 0 saturated heterocycles. The molecule has 114 valence electrons. The van der Waals surface area contributed by atoms with E-state index in [0.29, 0.717) is 0 Å². The molecule has 1 aromatic carbocycles. The van der Waals surface area contributed by atoms with E-state index in [-0.39, 0.29) is 10.7 Å². The van der Waals surface area contributed by atoms with Crippen molar-refractivity contribution in [1.82, 2.24) is 9.78 Å². The summed E-state index contributed by atoms with van der Waals surface area (Å²) >= 11 is 5.68. The topological polar surface area (TPSA) is 64.0 Å². The van der Waals surface area contributed by atoms with Gasteiger partial charge in [0.05, 0.1) is 16.9 Å². The maximum atomic E-state index is 13.6. The van der Waals surface area contributed by atoms with Crippen molar-refractivity contribution in [2.75, 3.05) is 4.72 Å². The molecule has 1 aromatic heterocycles. The van der Waals surface area contributed by atoms with Crippen LogP contribution >= 0.6 is 11.6 Å². The molecule has 0 fully saturated rings. The van der Waals surface area contributed by atoms with Crippen molar-refractivity contribution in [2.45, 2.75) is 17.9 Å². The number of nitrogens with one attached hydrogen (secondary N) is 1. The van der Waals surface area contributed by atoms with Crippen LogP contribution in [0.25, 0.3) is 0 Å². The van der Waals surface area contributed by atoms with Gasteiger partial charge in [0.25, 0.3) is 16.4 Å². The molecule has 0 radical (unpaired) electrons. The third-order valence-corrected chi connectivity index (χ3v) is 4.28. The minimum absolute atomic E-state index is 0.0741. The molecule has 1 N–H and O–H groups in total. The molecular formula is C11H9ClF3N3O2S. The summed E-state index contributed by atoms with van der Waals surface area (Å²) in [5, 5.41) is 3.27. The van der Waals surface area contributed by atoms with E-state index in [9.17, 15) is 21.6 Å². The van der Waals surface area contributed by atoms with E-state index in [0.717, 1.165) is 23.1 Å². The van der Waals surface area contributed by atoms with Crippen LogP contribution in [0.3, 0.4) is 0 Å². The molecule has 0 aliphatic rings. The van der Waals surface area contributed by atoms with E-state index in [4.69, 9.17) is 11.6 Å². The number of hydrogen-bond acceptors (Lipinski definition) is 3. The van der Waals surface area contributed by atoms with Crippen molar-refractivity contribution in [2.24, 2.45) is 0 Å². The summed E-state index contributed by atoms with van der Waals surface area (Å²) in [4.78, 5) is -0.715. The Kier molecular flexibility index (Phi) is 4.43. The van der Waals surface area contributed by atoms with Crippen molar-refractivity contribution in [3.05, 3.63) is 41.4 Å². The molecule has 0 saturated carbocycles. The van der Waals surface area contributed by atoms with Crippen LogP contribution in [0.1, 0.15) is 0 Å². The quantitative estimate of drug-likeness (QED) is 0.911.